The molecule has 6 nitrogen and oxygen atoms in total. The molecule has 0 unspecified atom stereocenters. The van der Waals surface area contributed by atoms with E-state index in [0.29, 0.717) is 5.69 Å². The van der Waals surface area contributed by atoms with Crippen LogP contribution in [0.3, 0.4) is 0 Å². The Balaban J connectivity index is 2.02. The van der Waals surface area contributed by atoms with Crippen molar-refractivity contribution in [2.45, 2.75) is 0 Å². The molecule has 22 heavy (non-hydrogen) atoms. The van der Waals surface area contributed by atoms with Crippen molar-refractivity contribution in [2.75, 3.05) is 5.32 Å². The monoisotopic (exact) mass is 302 g/mol. The summed E-state index contributed by atoms with van der Waals surface area (Å²) >= 11 is 0. The summed E-state index contributed by atoms with van der Waals surface area (Å²) in [7, 11) is 0. The van der Waals surface area contributed by atoms with Gasteiger partial charge in [-0.25, -0.2) is 14.0 Å². The molecule has 0 radical (unpaired) electrons. The van der Waals surface area contributed by atoms with Gasteiger partial charge in [0.25, 0.3) is 5.91 Å². The molecule has 112 valence electrons. The van der Waals surface area contributed by atoms with Crippen molar-refractivity contribution in [3.05, 3.63) is 65.5 Å². The average molecular weight is 302 g/mol. The van der Waals surface area contributed by atoms with Crippen molar-refractivity contribution in [1.29, 1.82) is 0 Å². The van der Waals surface area contributed by atoms with E-state index in [1.165, 1.54) is 30.3 Å². The summed E-state index contributed by atoms with van der Waals surface area (Å²) in [5.41, 5.74) is 0.284. The smallest absolute Gasteiger partial charge is 0.335 e. The topological polar surface area (TPSA) is 95.5 Å². The van der Waals surface area contributed by atoms with Gasteiger partial charge in [-0.05, 0) is 42.5 Å². The van der Waals surface area contributed by atoms with Crippen LogP contribution in [0.5, 0.6) is 0 Å². The molecule has 0 aromatic heterocycles. The molecule has 3 amide bonds. The van der Waals surface area contributed by atoms with Gasteiger partial charge in [-0.1, -0.05) is 6.07 Å². The summed E-state index contributed by atoms with van der Waals surface area (Å²) < 4.78 is 12.7. The van der Waals surface area contributed by atoms with Crippen LogP contribution in [-0.2, 0) is 0 Å². The summed E-state index contributed by atoms with van der Waals surface area (Å²) in [6.45, 7) is 0. The van der Waals surface area contributed by atoms with Crippen LogP contribution in [0.4, 0.5) is 14.9 Å². The van der Waals surface area contributed by atoms with Gasteiger partial charge in [0.2, 0.25) is 0 Å². The molecule has 0 aliphatic heterocycles. The maximum Gasteiger partial charge on any atom is 0.335 e. The second-order valence-electron chi connectivity index (χ2n) is 4.30. The number of carbonyl (C=O) groups is 3. The third kappa shape index (κ3) is 3.89. The van der Waals surface area contributed by atoms with Gasteiger partial charge < -0.3 is 10.4 Å². The normalized spacial score (nSPS) is 9.86. The number of hydrogen-bond donors (Lipinski definition) is 3. The van der Waals surface area contributed by atoms with Gasteiger partial charge in [-0.15, -0.1) is 0 Å². The lowest BCUT2D eigenvalue weighted by molar-refractivity contribution is 0.0697. The molecular weight excluding hydrogens is 291 g/mol. The molecule has 0 spiro atoms. The molecule has 0 aliphatic rings. The van der Waals surface area contributed by atoms with E-state index < -0.39 is 23.7 Å². The second-order valence-corrected chi connectivity index (χ2v) is 4.30. The summed E-state index contributed by atoms with van der Waals surface area (Å²) in [6, 6.07) is 9.46. The van der Waals surface area contributed by atoms with E-state index in [-0.39, 0.29) is 11.1 Å². The lowest BCUT2D eigenvalue weighted by Crippen LogP contribution is -2.34. The van der Waals surface area contributed by atoms with Crippen molar-refractivity contribution in [3.8, 4) is 0 Å². The van der Waals surface area contributed by atoms with Gasteiger partial charge in [0.1, 0.15) is 5.82 Å². The fourth-order valence-electron chi connectivity index (χ4n) is 1.66. The van der Waals surface area contributed by atoms with Crippen molar-refractivity contribution >= 4 is 23.6 Å². The highest BCUT2D eigenvalue weighted by atomic mass is 19.1. The predicted octanol–water partition coefficient (Wildman–Crippen LogP) is 2.49. The van der Waals surface area contributed by atoms with E-state index in [1.54, 1.807) is 0 Å². The first-order valence-corrected chi connectivity index (χ1v) is 6.17. The Kier molecular flexibility index (Phi) is 4.47. The average Bonchev–Trinajstić information content (AvgIpc) is 2.49. The standard InChI is InChI=1S/C15H11FN2O4/c16-11-4-6-12(7-5-11)17-15(22)18-13(19)9-2-1-3-10(8-9)14(20)21/h1-8H,(H,20,21)(H2,17,18,19,22). The van der Waals surface area contributed by atoms with E-state index in [2.05, 4.69) is 5.32 Å². The molecule has 0 saturated heterocycles. The zero-order valence-corrected chi connectivity index (χ0v) is 11.2. The summed E-state index contributed by atoms with van der Waals surface area (Å²) in [6.07, 6.45) is 0. The molecule has 2 aromatic rings. The Morgan fingerprint density at radius 3 is 2.23 bits per heavy atom. The maximum absolute atomic E-state index is 12.7. The predicted molar refractivity (Wildman–Crippen MR) is 76.3 cm³/mol. The highest BCUT2D eigenvalue weighted by molar-refractivity contribution is 6.08. The van der Waals surface area contributed by atoms with Gasteiger partial charge in [-0.2, -0.15) is 0 Å². The van der Waals surface area contributed by atoms with Crippen molar-refractivity contribution in [3.63, 3.8) is 0 Å². The molecule has 0 fully saturated rings. The van der Waals surface area contributed by atoms with E-state index in [1.807, 2.05) is 5.32 Å². The van der Waals surface area contributed by atoms with Crippen LogP contribution in [0.1, 0.15) is 20.7 Å². The number of hydrogen-bond acceptors (Lipinski definition) is 3. The van der Waals surface area contributed by atoms with Gasteiger partial charge in [0.05, 0.1) is 5.56 Å². The van der Waals surface area contributed by atoms with Gasteiger partial charge in [-0.3, -0.25) is 10.1 Å². The molecule has 0 bridgehead atoms. The van der Waals surface area contributed by atoms with Crippen LogP contribution >= 0.6 is 0 Å². The number of nitrogens with one attached hydrogen (secondary N) is 2. The Bertz CT molecular complexity index is 729. The first-order valence-electron chi connectivity index (χ1n) is 6.17. The first-order chi connectivity index (χ1) is 10.5. The second kappa shape index (κ2) is 6.49. The fraction of sp³-hybridized carbons (Fsp3) is 0. The number of imide groups is 1. The van der Waals surface area contributed by atoms with E-state index in [0.717, 1.165) is 18.2 Å². The quantitative estimate of drug-likeness (QED) is 0.811. The summed E-state index contributed by atoms with van der Waals surface area (Å²) in [5, 5.41) is 13.3. The largest absolute Gasteiger partial charge is 0.478 e. The van der Waals surface area contributed by atoms with Gasteiger partial charge >= 0.3 is 12.0 Å². The molecule has 0 atom stereocenters. The minimum absolute atomic E-state index is 0.0363. The number of anilines is 1. The number of benzene rings is 2. The van der Waals surface area contributed by atoms with Crippen molar-refractivity contribution < 1.29 is 23.9 Å². The minimum Gasteiger partial charge on any atom is -0.478 e. The highest BCUT2D eigenvalue weighted by Crippen LogP contribution is 2.08. The molecule has 0 heterocycles. The number of rotatable bonds is 3. The van der Waals surface area contributed by atoms with Crippen LogP contribution in [0.2, 0.25) is 0 Å². The number of carbonyl (C=O) groups excluding carboxylic acids is 2. The fourth-order valence-corrected chi connectivity index (χ4v) is 1.66. The molecule has 2 aromatic carbocycles. The number of amides is 3. The number of halogens is 1. The molecule has 3 N–H and O–H groups in total. The van der Waals surface area contributed by atoms with Crippen LogP contribution in [0.15, 0.2) is 48.5 Å². The highest BCUT2D eigenvalue weighted by Gasteiger charge is 2.12. The van der Waals surface area contributed by atoms with Gasteiger partial charge in [0.15, 0.2) is 0 Å². The zero-order chi connectivity index (χ0) is 16.1. The number of urea groups is 1. The number of carboxylic acids is 1. The SMILES string of the molecule is O=C(NC(=O)c1cccc(C(=O)O)c1)Nc1ccc(F)cc1. The molecule has 0 saturated carbocycles. The molecule has 2 rings (SSSR count). The number of aromatic carboxylic acids is 1. The Morgan fingerprint density at radius 1 is 0.955 bits per heavy atom. The van der Waals surface area contributed by atoms with E-state index in [4.69, 9.17) is 5.11 Å². The molecular formula is C15H11FN2O4. The summed E-state index contributed by atoms with van der Waals surface area (Å²) in [5.74, 6) is -2.37. The Labute approximate surface area is 124 Å². The van der Waals surface area contributed by atoms with Crippen LogP contribution in [0.25, 0.3) is 0 Å². The van der Waals surface area contributed by atoms with E-state index in [9.17, 15) is 18.8 Å². The van der Waals surface area contributed by atoms with Crippen molar-refractivity contribution in [2.24, 2.45) is 0 Å². The maximum atomic E-state index is 12.7. The Hall–Kier alpha value is -3.22. The number of carboxylic acid groups (broad SMARTS) is 1. The van der Waals surface area contributed by atoms with Crippen molar-refractivity contribution in [1.82, 2.24) is 5.32 Å². The van der Waals surface area contributed by atoms with E-state index >= 15 is 0 Å². The first kappa shape index (κ1) is 15.2. The lowest BCUT2D eigenvalue weighted by atomic mass is 10.1. The third-order valence-corrected chi connectivity index (χ3v) is 2.70. The summed E-state index contributed by atoms with van der Waals surface area (Å²) in [4.78, 5) is 34.3. The minimum atomic E-state index is -1.18. The molecule has 7 heteroatoms. The molecule has 0 aliphatic carbocycles. The third-order valence-electron chi connectivity index (χ3n) is 2.70. The van der Waals surface area contributed by atoms with Crippen LogP contribution in [0, 0.1) is 5.82 Å². The van der Waals surface area contributed by atoms with Crippen LogP contribution < -0.4 is 10.6 Å². The van der Waals surface area contributed by atoms with Crippen LogP contribution in [-0.4, -0.2) is 23.0 Å². The van der Waals surface area contributed by atoms with Gasteiger partial charge in [0, 0.05) is 11.3 Å². The lowest BCUT2D eigenvalue weighted by Gasteiger charge is -2.07. The zero-order valence-electron chi connectivity index (χ0n) is 11.2. The Morgan fingerprint density at radius 2 is 1.59 bits per heavy atom.